The number of carbonyl (C=O) groups is 1. The minimum absolute atomic E-state index is 0.147. The molecule has 0 radical (unpaired) electrons. The van der Waals surface area contributed by atoms with Crippen molar-refractivity contribution in [1.82, 2.24) is 10.2 Å². The molecule has 4 heteroatoms. The zero-order valence-electron chi connectivity index (χ0n) is 16.5. The van der Waals surface area contributed by atoms with Crippen LogP contribution in [0, 0.1) is 11.3 Å². The zero-order valence-corrected chi connectivity index (χ0v) is 16.5. The van der Waals surface area contributed by atoms with Gasteiger partial charge in [0.05, 0.1) is 0 Å². The van der Waals surface area contributed by atoms with Gasteiger partial charge in [-0.2, -0.15) is 0 Å². The van der Waals surface area contributed by atoms with Gasteiger partial charge in [0.15, 0.2) is 0 Å². The molecule has 0 aromatic carbocycles. The Bertz CT molecular complexity index is 410. The van der Waals surface area contributed by atoms with Gasteiger partial charge in [-0.25, -0.2) is 4.79 Å². The molecule has 1 heterocycles. The van der Waals surface area contributed by atoms with E-state index in [0.29, 0.717) is 6.04 Å². The lowest BCUT2D eigenvalue weighted by Crippen LogP contribution is -2.52. The predicted octanol–water partition coefficient (Wildman–Crippen LogP) is 4.58. The van der Waals surface area contributed by atoms with Crippen LogP contribution in [0.5, 0.6) is 0 Å². The molecule has 0 aromatic rings. The Hall–Kier alpha value is -0.770. The molecule has 0 aromatic heterocycles. The highest BCUT2D eigenvalue weighted by Crippen LogP contribution is 2.34. The number of carbonyl (C=O) groups excluding carboxylic acids is 1. The number of nitrogens with zero attached hydrogens (tertiary/aromatic N) is 1. The highest BCUT2D eigenvalue weighted by atomic mass is 16.6. The summed E-state index contributed by atoms with van der Waals surface area (Å²) in [5.74, 6) is 0.889. The molecule has 1 saturated heterocycles. The summed E-state index contributed by atoms with van der Waals surface area (Å²) in [4.78, 5) is 14.4. The van der Waals surface area contributed by atoms with Crippen molar-refractivity contribution in [3.63, 3.8) is 0 Å². The fraction of sp³-hybridized carbons (Fsp3) is 0.950. The third kappa shape index (κ3) is 5.65. The second kappa shape index (κ2) is 8.07. The van der Waals surface area contributed by atoms with Crippen LogP contribution < -0.4 is 5.32 Å². The minimum Gasteiger partial charge on any atom is -0.444 e. The Labute approximate surface area is 148 Å². The molecule has 1 aliphatic heterocycles. The zero-order chi connectivity index (χ0) is 17.8. The van der Waals surface area contributed by atoms with E-state index in [9.17, 15) is 4.79 Å². The summed E-state index contributed by atoms with van der Waals surface area (Å²) in [5, 5.41) is 3.83. The quantitative estimate of drug-likeness (QED) is 0.815. The third-order valence-electron chi connectivity index (χ3n) is 5.84. The van der Waals surface area contributed by atoms with Crippen LogP contribution in [0.4, 0.5) is 4.79 Å². The summed E-state index contributed by atoms with van der Waals surface area (Å²) in [6.07, 6.45) is 8.55. The van der Waals surface area contributed by atoms with E-state index in [1.807, 2.05) is 25.7 Å². The largest absolute Gasteiger partial charge is 0.444 e. The van der Waals surface area contributed by atoms with Crippen molar-refractivity contribution >= 4 is 6.09 Å². The fourth-order valence-electron chi connectivity index (χ4n) is 4.07. The van der Waals surface area contributed by atoms with E-state index < -0.39 is 5.60 Å². The van der Waals surface area contributed by atoms with Crippen molar-refractivity contribution < 1.29 is 9.53 Å². The summed E-state index contributed by atoms with van der Waals surface area (Å²) in [7, 11) is 0. The number of hydrogen-bond donors (Lipinski definition) is 1. The predicted molar refractivity (Wildman–Crippen MR) is 99.2 cm³/mol. The van der Waals surface area contributed by atoms with Crippen LogP contribution in [0.1, 0.15) is 79.6 Å². The second-order valence-corrected chi connectivity index (χ2v) is 9.20. The molecule has 140 valence electrons. The van der Waals surface area contributed by atoms with Gasteiger partial charge in [0.25, 0.3) is 0 Å². The number of amides is 1. The van der Waals surface area contributed by atoms with Crippen LogP contribution in [-0.4, -0.2) is 42.3 Å². The highest BCUT2D eigenvalue weighted by molar-refractivity contribution is 5.68. The first-order valence-corrected chi connectivity index (χ1v) is 9.94. The van der Waals surface area contributed by atoms with Crippen LogP contribution >= 0.6 is 0 Å². The van der Waals surface area contributed by atoms with E-state index in [1.165, 1.54) is 32.1 Å². The van der Waals surface area contributed by atoms with Crippen LogP contribution in [0.3, 0.4) is 0 Å². The molecule has 1 unspecified atom stereocenters. The molecule has 2 fully saturated rings. The number of piperidine rings is 1. The Morgan fingerprint density at radius 2 is 1.92 bits per heavy atom. The summed E-state index contributed by atoms with van der Waals surface area (Å²) < 4.78 is 5.59. The maximum absolute atomic E-state index is 12.4. The van der Waals surface area contributed by atoms with Crippen LogP contribution in [-0.2, 0) is 4.74 Å². The van der Waals surface area contributed by atoms with Gasteiger partial charge in [-0.15, -0.1) is 0 Å². The van der Waals surface area contributed by atoms with Gasteiger partial charge >= 0.3 is 6.09 Å². The Kier molecular flexibility index (Phi) is 6.58. The summed E-state index contributed by atoms with van der Waals surface area (Å²) in [5.41, 5.74) is -0.210. The normalized spacial score (nSPS) is 31.8. The second-order valence-electron chi connectivity index (χ2n) is 9.20. The maximum Gasteiger partial charge on any atom is 0.410 e. The molecule has 0 bridgehead atoms. The fourth-order valence-corrected chi connectivity index (χ4v) is 4.07. The smallest absolute Gasteiger partial charge is 0.410 e. The standard InChI is InChI=1S/C20H38N2O2/c1-6-20(14-21-17-10-8-16(2)9-11-17)12-7-13-22(15-20)18(23)24-19(3,4)5/h16-17,21H,6-15H2,1-5H3. The number of rotatable bonds is 4. The first kappa shape index (κ1) is 19.6. The molecular formula is C20H38N2O2. The average molecular weight is 339 g/mol. The van der Waals surface area contributed by atoms with Gasteiger partial charge in [-0.1, -0.05) is 13.8 Å². The molecule has 24 heavy (non-hydrogen) atoms. The SMILES string of the molecule is CCC1(CNC2CCC(C)CC2)CCCN(C(=O)OC(C)(C)C)C1. The van der Waals surface area contributed by atoms with E-state index in [-0.39, 0.29) is 11.5 Å². The molecule has 2 rings (SSSR count). The van der Waals surface area contributed by atoms with E-state index in [4.69, 9.17) is 4.74 Å². The maximum atomic E-state index is 12.4. The first-order chi connectivity index (χ1) is 11.2. The Morgan fingerprint density at radius 3 is 2.50 bits per heavy atom. The number of nitrogens with one attached hydrogen (secondary N) is 1. The minimum atomic E-state index is -0.416. The monoisotopic (exact) mass is 338 g/mol. The molecular weight excluding hydrogens is 300 g/mol. The molecule has 1 saturated carbocycles. The Balaban J connectivity index is 1.89. The molecule has 1 amide bonds. The molecule has 1 aliphatic carbocycles. The van der Waals surface area contributed by atoms with Gasteiger partial charge in [-0.05, 0) is 71.6 Å². The van der Waals surface area contributed by atoms with E-state index in [0.717, 1.165) is 38.4 Å². The van der Waals surface area contributed by atoms with E-state index >= 15 is 0 Å². The van der Waals surface area contributed by atoms with Crippen LogP contribution in [0.2, 0.25) is 0 Å². The summed E-state index contributed by atoms with van der Waals surface area (Å²) in [6.45, 7) is 13.1. The molecule has 1 N–H and O–H groups in total. The first-order valence-electron chi connectivity index (χ1n) is 9.94. The summed E-state index contributed by atoms with van der Waals surface area (Å²) in [6, 6.07) is 0.668. The van der Waals surface area contributed by atoms with Crippen LogP contribution in [0.15, 0.2) is 0 Å². The van der Waals surface area contributed by atoms with Crippen molar-refractivity contribution in [2.75, 3.05) is 19.6 Å². The van der Waals surface area contributed by atoms with Crippen molar-refractivity contribution in [3.8, 4) is 0 Å². The average Bonchev–Trinajstić information content (AvgIpc) is 2.53. The van der Waals surface area contributed by atoms with Gasteiger partial charge in [0.1, 0.15) is 5.60 Å². The number of hydrogen-bond acceptors (Lipinski definition) is 3. The molecule has 1 atom stereocenters. The van der Waals surface area contributed by atoms with Gasteiger partial charge < -0.3 is 15.0 Å². The molecule has 4 nitrogen and oxygen atoms in total. The van der Waals surface area contributed by atoms with Gasteiger partial charge in [-0.3, -0.25) is 0 Å². The highest BCUT2D eigenvalue weighted by Gasteiger charge is 2.37. The summed E-state index contributed by atoms with van der Waals surface area (Å²) >= 11 is 0. The lowest BCUT2D eigenvalue weighted by atomic mass is 9.77. The number of ether oxygens (including phenoxy) is 1. The van der Waals surface area contributed by atoms with Crippen molar-refractivity contribution in [2.45, 2.75) is 91.2 Å². The van der Waals surface area contributed by atoms with Gasteiger partial charge in [0, 0.05) is 31.1 Å². The van der Waals surface area contributed by atoms with Crippen molar-refractivity contribution in [3.05, 3.63) is 0 Å². The van der Waals surface area contributed by atoms with Gasteiger partial charge in [0.2, 0.25) is 0 Å². The molecule has 0 spiro atoms. The topological polar surface area (TPSA) is 41.6 Å². The third-order valence-corrected chi connectivity index (χ3v) is 5.84. The number of likely N-dealkylation sites (tertiary alicyclic amines) is 1. The van der Waals surface area contributed by atoms with E-state index in [2.05, 4.69) is 19.2 Å². The van der Waals surface area contributed by atoms with E-state index in [1.54, 1.807) is 0 Å². The van der Waals surface area contributed by atoms with Crippen LogP contribution in [0.25, 0.3) is 0 Å². The Morgan fingerprint density at radius 1 is 1.25 bits per heavy atom. The lowest BCUT2D eigenvalue weighted by molar-refractivity contribution is 0.00271. The molecule has 2 aliphatic rings. The van der Waals surface area contributed by atoms with Crippen molar-refractivity contribution in [1.29, 1.82) is 0 Å². The lowest BCUT2D eigenvalue weighted by Gasteiger charge is -2.44. The van der Waals surface area contributed by atoms with Crippen molar-refractivity contribution in [2.24, 2.45) is 11.3 Å².